The monoisotopic (exact) mass is 311 g/mol. The van der Waals surface area contributed by atoms with Crippen LogP contribution in [0.1, 0.15) is 0 Å². The van der Waals surface area contributed by atoms with Crippen LogP contribution in [0.15, 0.2) is 85.1 Å². The molecule has 3 N–H and O–H groups in total. The second-order valence-electron chi connectivity index (χ2n) is 5.67. The van der Waals surface area contributed by atoms with Crippen LogP contribution >= 0.6 is 0 Å². The molecular weight excluding hydrogens is 294 g/mol. The second kappa shape index (κ2) is 6.05. The maximum absolute atomic E-state index is 6.38. The SMILES string of the molecule is Nc1c(Nc2ccccc2)ccnc1-c1ccc2ccccc2c1. The van der Waals surface area contributed by atoms with Crippen molar-refractivity contribution in [3.05, 3.63) is 85.1 Å². The van der Waals surface area contributed by atoms with Crippen LogP contribution in [0.3, 0.4) is 0 Å². The van der Waals surface area contributed by atoms with E-state index < -0.39 is 0 Å². The third-order valence-electron chi connectivity index (χ3n) is 4.07. The van der Waals surface area contributed by atoms with Gasteiger partial charge in [-0.15, -0.1) is 0 Å². The number of anilines is 3. The molecule has 4 aromatic rings. The zero-order valence-electron chi connectivity index (χ0n) is 13.1. The van der Waals surface area contributed by atoms with Crippen molar-refractivity contribution in [2.45, 2.75) is 0 Å². The Bertz CT molecular complexity index is 994. The summed E-state index contributed by atoms with van der Waals surface area (Å²) in [6.07, 6.45) is 1.78. The highest BCUT2D eigenvalue weighted by atomic mass is 14.9. The van der Waals surface area contributed by atoms with Crippen LogP contribution in [0.25, 0.3) is 22.0 Å². The minimum Gasteiger partial charge on any atom is -0.395 e. The van der Waals surface area contributed by atoms with E-state index in [2.05, 4.69) is 40.6 Å². The molecule has 3 heteroatoms. The standard InChI is InChI=1S/C21H17N3/c22-20-19(24-18-8-2-1-3-9-18)12-13-23-21(20)17-11-10-15-6-4-5-7-16(15)14-17/h1-14H,22H2,(H,23,24). The highest BCUT2D eigenvalue weighted by Gasteiger charge is 2.09. The van der Waals surface area contributed by atoms with Gasteiger partial charge in [0.25, 0.3) is 0 Å². The first-order chi connectivity index (χ1) is 11.8. The number of pyridine rings is 1. The van der Waals surface area contributed by atoms with Gasteiger partial charge in [-0.3, -0.25) is 4.98 Å². The highest BCUT2D eigenvalue weighted by molar-refractivity contribution is 5.91. The Morgan fingerprint density at radius 3 is 2.33 bits per heavy atom. The molecule has 0 atom stereocenters. The Hall–Kier alpha value is -3.33. The lowest BCUT2D eigenvalue weighted by Gasteiger charge is -2.13. The summed E-state index contributed by atoms with van der Waals surface area (Å²) in [4.78, 5) is 4.49. The van der Waals surface area contributed by atoms with Crippen LogP contribution in [0, 0.1) is 0 Å². The van der Waals surface area contributed by atoms with Crippen molar-refractivity contribution < 1.29 is 0 Å². The number of rotatable bonds is 3. The van der Waals surface area contributed by atoms with Gasteiger partial charge < -0.3 is 11.1 Å². The van der Waals surface area contributed by atoms with Gasteiger partial charge in [-0.25, -0.2) is 0 Å². The summed E-state index contributed by atoms with van der Waals surface area (Å²) < 4.78 is 0. The predicted octanol–water partition coefficient (Wildman–Crippen LogP) is 5.23. The predicted molar refractivity (Wildman–Crippen MR) is 101 cm³/mol. The van der Waals surface area contributed by atoms with Gasteiger partial charge in [-0.2, -0.15) is 0 Å². The molecule has 0 saturated carbocycles. The maximum atomic E-state index is 6.38. The number of benzene rings is 3. The summed E-state index contributed by atoms with van der Waals surface area (Å²) in [5, 5.41) is 5.74. The molecule has 0 unspecified atom stereocenters. The van der Waals surface area contributed by atoms with Crippen molar-refractivity contribution in [2.75, 3.05) is 11.1 Å². The molecule has 0 radical (unpaired) electrons. The van der Waals surface area contributed by atoms with E-state index in [0.717, 1.165) is 22.6 Å². The van der Waals surface area contributed by atoms with Gasteiger partial charge in [0.05, 0.1) is 17.1 Å². The number of para-hydroxylation sites is 1. The Morgan fingerprint density at radius 2 is 1.50 bits per heavy atom. The van der Waals surface area contributed by atoms with Gasteiger partial charge in [0.2, 0.25) is 0 Å². The normalized spacial score (nSPS) is 10.7. The summed E-state index contributed by atoms with van der Waals surface area (Å²) in [6, 6.07) is 26.4. The van der Waals surface area contributed by atoms with E-state index in [4.69, 9.17) is 5.73 Å². The molecule has 3 nitrogen and oxygen atoms in total. The molecule has 116 valence electrons. The molecule has 0 saturated heterocycles. The van der Waals surface area contributed by atoms with Gasteiger partial charge in [0.1, 0.15) is 0 Å². The van der Waals surface area contributed by atoms with E-state index in [-0.39, 0.29) is 0 Å². The fourth-order valence-electron chi connectivity index (χ4n) is 2.83. The van der Waals surface area contributed by atoms with E-state index >= 15 is 0 Å². The molecule has 1 aromatic heterocycles. The van der Waals surface area contributed by atoms with Crippen LogP contribution in [-0.4, -0.2) is 4.98 Å². The molecule has 0 amide bonds. The smallest absolute Gasteiger partial charge is 0.0952 e. The van der Waals surface area contributed by atoms with Gasteiger partial charge in [0, 0.05) is 17.4 Å². The molecule has 0 aliphatic rings. The van der Waals surface area contributed by atoms with Crippen molar-refractivity contribution in [3.63, 3.8) is 0 Å². The lowest BCUT2D eigenvalue weighted by atomic mass is 10.0. The number of fused-ring (bicyclic) bond motifs is 1. The Morgan fingerprint density at radius 1 is 0.750 bits per heavy atom. The first-order valence-corrected chi connectivity index (χ1v) is 7.87. The van der Waals surface area contributed by atoms with E-state index in [0.29, 0.717) is 5.69 Å². The van der Waals surface area contributed by atoms with E-state index in [1.165, 1.54) is 10.8 Å². The number of nitrogens with one attached hydrogen (secondary N) is 1. The lowest BCUT2D eigenvalue weighted by Crippen LogP contribution is -2.00. The molecule has 0 aliphatic heterocycles. The first-order valence-electron chi connectivity index (χ1n) is 7.87. The molecule has 0 bridgehead atoms. The summed E-state index contributed by atoms with van der Waals surface area (Å²) in [5.41, 5.74) is 10.7. The van der Waals surface area contributed by atoms with Gasteiger partial charge >= 0.3 is 0 Å². The molecule has 0 spiro atoms. The Balaban J connectivity index is 1.76. The van der Waals surface area contributed by atoms with Crippen LogP contribution in [-0.2, 0) is 0 Å². The average Bonchev–Trinajstić information content (AvgIpc) is 2.64. The van der Waals surface area contributed by atoms with Gasteiger partial charge in [-0.1, -0.05) is 54.6 Å². The van der Waals surface area contributed by atoms with Crippen LogP contribution in [0.4, 0.5) is 17.1 Å². The van der Waals surface area contributed by atoms with E-state index in [9.17, 15) is 0 Å². The number of hydrogen-bond acceptors (Lipinski definition) is 3. The number of nitrogens with two attached hydrogens (primary N) is 1. The number of aromatic nitrogens is 1. The quantitative estimate of drug-likeness (QED) is 0.545. The first kappa shape index (κ1) is 14.3. The van der Waals surface area contributed by atoms with Crippen molar-refractivity contribution >= 4 is 27.8 Å². The Kier molecular flexibility index (Phi) is 3.60. The third kappa shape index (κ3) is 2.68. The van der Waals surface area contributed by atoms with Crippen molar-refractivity contribution in [2.24, 2.45) is 0 Å². The molecule has 0 fully saturated rings. The zero-order chi connectivity index (χ0) is 16.4. The minimum absolute atomic E-state index is 0.650. The fourth-order valence-corrected chi connectivity index (χ4v) is 2.83. The summed E-state index contributed by atoms with van der Waals surface area (Å²) in [7, 11) is 0. The van der Waals surface area contributed by atoms with Crippen molar-refractivity contribution in [3.8, 4) is 11.3 Å². The topological polar surface area (TPSA) is 50.9 Å². The van der Waals surface area contributed by atoms with E-state index in [1.54, 1.807) is 6.20 Å². The fraction of sp³-hybridized carbons (Fsp3) is 0. The highest BCUT2D eigenvalue weighted by Crippen LogP contribution is 2.32. The maximum Gasteiger partial charge on any atom is 0.0952 e. The molecule has 3 aromatic carbocycles. The largest absolute Gasteiger partial charge is 0.395 e. The average molecular weight is 311 g/mol. The lowest BCUT2D eigenvalue weighted by molar-refractivity contribution is 1.33. The van der Waals surface area contributed by atoms with Crippen molar-refractivity contribution in [1.82, 2.24) is 4.98 Å². The van der Waals surface area contributed by atoms with Crippen LogP contribution in [0.2, 0.25) is 0 Å². The summed E-state index contributed by atoms with van der Waals surface area (Å²) >= 11 is 0. The third-order valence-corrected chi connectivity index (χ3v) is 4.07. The molecule has 1 heterocycles. The number of nitrogen functional groups attached to an aromatic ring is 1. The summed E-state index contributed by atoms with van der Waals surface area (Å²) in [5.74, 6) is 0. The Labute approximate surface area is 140 Å². The van der Waals surface area contributed by atoms with E-state index in [1.807, 2.05) is 48.5 Å². The van der Waals surface area contributed by atoms with Crippen LogP contribution < -0.4 is 11.1 Å². The molecule has 24 heavy (non-hydrogen) atoms. The zero-order valence-corrected chi connectivity index (χ0v) is 13.1. The van der Waals surface area contributed by atoms with Crippen molar-refractivity contribution in [1.29, 1.82) is 0 Å². The number of nitrogens with zero attached hydrogens (tertiary/aromatic N) is 1. The minimum atomic E-state index is 0.650. The second-order valence-corrected chi connectivity index (χ2v) is 5.67. The molecule has 0 aliphatic carbocycles. The molecular formula is C21H17N3. The molecule has 4 rings (SSSR count). The van der Waals surface area contributed by atoms with Gasteiger partial charge in [-0.05, 0) is 35.0 Å². The number of hydrogen-bond donors (Lipinski definition) is 2. The van der Waals surface area contributed by atoms with Gasteiger partial charge in [0.15, 0.2) is 0 Å². The van der Waals surface area contributed by atoms with Crippen LogP contribution in [0.5, 0.6) is 0 Å². The summed E-state index contributed by atoms with van der Waals surface area (Å²) in [6.45, 7) is 0.